The van der Waals surface area contributed by atoms with Gasteiger partial charge in [0.15, 0.2) is 0 Å². The third-order valence-electron chi connectivity index (χ3n) is 5.99. The summed E-state index contributed by atoms with van der Waals surface area (Å²) < 4.78 is 4.62. The molecule has 0 aliphatic rings. The van der Waals surface area contributed by atoms with Crippen molar-refractivity contribution in [3.05, 3.63) is 97.3 Å². The maximum Gasteiger partial charge on any atom is 0.102 e. The average molecular weight is 388 g/mol. The Kier molecular flexibility index (Phi) is 2.91. The minimum Gasteiger partial charge on any atom is -0.308 e. The van der Waals surface area contributed by atoms with Gasteiger partial charge in [0.1, 0.15) is 9.66 Å². The van der Waals surface area contributed by atoms with Crippen LogP contribution in [0.2, 0.25) is 0 Å². The molecule has 0 atom stereocenters. The molecule has 0 fully saturated rings. The van der Waals surface area contributed by atoms with Gasteiger partial charge in [0.25, 0.3) is 0 Å². The van der Waals surface area contributed by atoms with E-state index in [-0.39, 0.29) is 0 Å². The Bertz CT molecular complexity index is 1630. The monoisotopic (exact) mass is 388 g/mol. The number of thiophene rings is 1. The number of benzene rings is 3. The molecule has 0 saturated carbocycles. The Morgan fingerprint density at radius 3 is 1.48 bits per heavy atom. The second kappa shape index (κ2) is 5.49. The summed E-state index contributed by atoms with van der Waals surface area (Å²) in [5, 5.41) is 7.56. The summed E-state index contributed by atoms with van der Waals surface area (Å²) in [5.41, 5.74) is 2.49. The molecule has 0 radical (unpaired) electrons. The third kappa shape index (κ3) is 2.11. The lowest BCUT2D eigenvalue weighted by Crippen LogP contribution is -1.80. The fourth-order valence-corrected chi connectivity index (χ4v) is 5.54. The summed E-state index contributed by atoms with van der Waals surface area (Å²) in [6.45, 7) is 0. The van der Waals surface area contributed by atoms with Crippen molar-refractivity contribution in [3.63, 3.8) is 0 Å². The molecule has 3 aromatic carbocycles. The maximum absolute atomic E-state index is 2.32. The average Bonchev–Trinajstić information content (AvgIpc) is 3.49. The predicted molar refractivity (Wildman–Crippen MR) is 125 cm³/mol. The van der Waals surface area contributed by atoms with Crippen LogP contribution < -0.4 is 0 Å². The van der Waals surface area contributed by atoms with Gasteiger partial charge in [-0.1, -0.05) is 59.9 Å². The molecule has 0 amide bonds. The Morgan fingerprint density at radius 2 is 0.966 bits per heavy atom. The van der Waals surface area contributed by atoms with Crippen molar-refractivity contribution < 1.29 is 0 Å². The molecule has 29 heavy (non-hydrogen) atoms. The molecule has 136 valence electrons. The molecule has 4 aromatic heterocycles. The summed E-state index contributed by atoms with van der Waals surface area (Å²) >= 11 is 1.82. The van der Waals surface area contributed by atoms with Gasteiger partial charge in [-0.25, -0.2) is 0 Å². The maximum atomic E-state index is 2.32. The van der Waals surface area contributed by atoms with Gasteiger partial charge < -0.3 is 8.80 Å². The number of aromatic nitrogens is 2. The number of hydrogen-bond donors (Lipinski definition) is 0. The van der Waals surface area contributed by atoms with E-state index in [9.17, 15) is 0 Å². The molecule has 7 rings (SSSR count). The highest BCUT2D eigenvalue weighted by atomic mass is 32.1. The summed E-state index contributed by atoms with van der Waals surface area (Å²) in [5.74, 6) is 0. The zero-order valence-electron chi connectivity index (χ0n) is 15.5. The van der Waals surface area contributed by atoms with Crippen LogP contribution in [0.3, 0.4) is 0 Å². The van der Waals surface area contributed by atoms with Crippen molar-refractivity contribution in [2.75, 3.05) is 0 Å². The van der Waals surface area contributed by atoms with Gasteiger partial charge in [-0.15, -0.1) is 0 Å². The predicted octanol–water partition coefficient (Wildman–Crippen LogP) is 7.43. The standard InChI is InChI=1S/C26H16N2S/c1-2-4-22-20-8-6-18-12-14-28(24(18)16-20)26-10-9-25(29-26)27-13-11-17-5-7-19(15-23(17)27)21(22)3-1/h1-16H. The minimum absolute atomic E-state index is 1.23. The normalized spacial score (nSPS) is 12.1. The first-order valence-corrected chi connectivity index (χ1v) is 10.6. The smallest absolute Gasteiger partial charge is 0.102 e. The van der Waals surface area contributed by atoms with Gasteiger partial charge >= 0.3 is 0 Å². The number of fused-ring (bicyclic) bond motifs is 9. The molecular formula is C26H16N2S. The van der Waals surface area contributed by atoms with E-state index in [2.05, 4.69) is 106 Å². The van der Waals surface area contributed by atoms with Crippen molar-refractivity contribution >= 4 is 64.3 Å². The van der Waals surface area contributed by atoms with Gasteiger partial charge in [-0.3, -0.25) is 0 Å². The summed E-state index contributed by atoms with van der Waals surface area (Å²) in [6, 6.07) is 31.2. The van der Waals surface area contributed by atoms with E-state index < -0.39 is 0 Å². The molecule has 6 bridgehead atoms. The SMILES string of the molecule is c1ccc2c3ccc4ccn(c5ccc(s5)n5ccc6ccc(cc65)c2c1)c4c3. The lowest BCUT2D eigenvalue weighted by molar-refractivity contribution is 1.30. The summed E-state index contributed by atoms with van der Waals surface area (Å²) in [7, 11) is 0. The molecule has 0 aliphatic carbocycles. The van der Waals surface area contributed by atoms with Crippen LogP contribution in [0.15, 0.2) is 97.3 Å². The van der Waals surface area contributed by atoms with Crippen LogP contribution in [0.1, 0.15) is 0 Å². The lowest BCUT2D eigenvalue weighted by atomic mass is 10.0. The van der Waals surface area contributed by atoms with E-state index in [4.69, 9.17) is 0 Å². The summed E-state index contributed by atoms with van der Waals surface area (Å²) in [4.78, 5) is 2.47. The van der Waals surface area contributed by atoms with E-state index in [0.717, 1.165) is 0 Å². The van der Waals surface area contributed by atoms with Gasteiger partial charge in [-0.2, -0.15) is 0 Å². The fourth-order valence-electron chi connectivity index (χ4n) is 4.54. The van der Waals surface area contributed by atoms with E-state index in [1.54, 1.807) is 0 Å². The van der Waals surface area contributed by atoms with Crippen molar-refractivity contribution in [3.8, 4) is 0 Å². The van der Waals surface area contributed by atoms with Gasteiger partial charge in [0, 0.05) is 23.2 Å². The Hall–Kier alpha value is -3.56. The highest BCUT2D eigenvalue weighted by molar-refractivity contribution is 7.22. The Morgan fingerprint density at radius 1 is 0.483 bits per heavy atom. The van der Waals surface area contributed by atoms with Crippen molar-refractivity contribution in [2.45, 2.75) is 0 Å². The molecule has 2 nitrogen and oxygen atoms in total. The first-order valence-electron chi connectivity index (χ1n) is 9.78. The Labute approximate surface area is 170 Å². The third-order valence-corrected chi connectivity index (χ3v) is 7.07. The molecule has 3 heteroatoms. The largest absolute Gasteiger partial charge is 0.308 e. The number of rotatable bonds is 0. The second-order valence-electron chi connectivity index (χ2n) is 7.58. The first-order chi connectivity index (χ1) is 14.3. The molecule has 7 aromatic rings. The van der Waals surface area contributed by atoms with Gasteiger partial charge in [0.05, 0.1) is 11.0 Å². The quantitative estimate of drug-likeness (QED) is 0.255. The second-order valence-corrected chi connectivity index (χ2v) is 8.62. The topological polar surface area (TPSA) is 8.82 Å². The molecule has 0 saturated heterocycles. The molecule has 0 unspecified atom stereocenters. The first kappa shape index (κ1) is 15.4. The highest BCUT2D eigenvalue weighted by Crippen LogP contribution is 2.30. The fraction of sp³-hybridized carbons (Fsp3) is 0. The van der Waals surface area contributed by atoms with Gasteiger partial charge in [0.2, 0.25) is 0 Å². The van der Waals surface area contributed by atoms with Crippen LogP contribution in [0.4, 0.5) is 0 Å². The van der Waals surface area contributed by atoms with Crippen LogP contribution >= 0.6 is 11.3 Å². The molecule has 4 heterocycles. The van der Waals surface area contributed by atoms with E-state index in [0.29, 0.717) is 0 Å². The van der Waals surface area contributed by atoms with E-state index >= 15 is 0 Å². The lowest BCUT2D eigenvalue weighted by Gasteiger charge is -2.02. The van der Waals surface area contributed by atoms with Crippen molar-refractivity contribution in [2.24, 2.45) is 0 Å². The highest BCUT2D eigenvalue weighted by Gasteiger charge is 2.06. The van der Waals surface area contributed by atoms with E-state index in [1.165, 1.54) is 53.0 Å². The minimum atomic E-state index is 1.23. The van der Waals surface area contributed by atoms with Crippen LogP contribution in [0.25, 0.3) is 53.0 Å². The summed E-state index contributed by atoms with van der Waals surface area (Å²) in [6.07, 6.45) is 4.36. The Balaban J connectivity index is 1.88. The number of nitrogens with zero attached hydrogens (tertiary/aromatic N) is 2. The van der Waals surface area contributed by atoms with Crippen molar-refractivity contribution in [1.82, 2.24) is 8.80 Å². The molecule has 0 spiro atoms. The molecular weight excluding hydrogens is 372 g/mol. The van der Waals surface area contributed by atoms with E-state index in [1.807, 2.05) is 11.3 Å². The zero-order valence-corrected chi connectivity index (χ0v) is 16.4. The van der Waals surface area contributed by atoms with Crippen LogP contribution in [0, 0.1) is 0 Å². The van der Waals surface area contributed by atoms with Crippen molar-refractivity contribution in [1.29, 1.82) is 0 Å². The number of hydrogen-bond acceptors (Lipinski definition) is 1. The van der Waals surface area contributed by atoms with Crippen LogP contribution in [-0.4, -0.2) is 8.80 Å². The zero-order chi connectivity index (χ0) is 18.9. The van der Waals surface area contributed by atoms with Crippen LogP contribution in [0.5, 0.6) is 0 Å². The van der Waals surface area contributed by atoms with Crippen LogP contribution in [-0.2, 0) is 0 Å². The molecule has 0 N–H and O–H groups in total. The van der Waals surface area contributed by atoms with Gasteiger partial charge in [-0.05, 0) is 57.9 Å². The molecule has 0 aliphatic heterocycles.